The third kappa shape index (κ3) is 2.74. The summed E-state index contributed by atoms with van der Waals surface area (Å²) in [5.41, 5.74) is 3.57. The first-order chi connectivity index (χ1) is 7.00. The number of rotatable bonds is 2. The van der Waals surface area contributed by atoms with Crippen LogP contribution in [0.3, 0.4) is 0 Å². The molecule has 1 nitrogen and oxygen atoms in total. The Labute approximate surface area is 97.2 Å². The van der Waals surface area contributed by atoms with Crippen LogP contribution < -0.4 is 0 Å². The maximum absolute atomic E-state index is 4.71. The fourth-order valence-corrected chi connectivity index (χ4v) is 1.75. The lowest BCUT2D eigenvalue weighted by atomic mass is 9.84. The Morgan fingerprint density at radius 2 is 2.00 bits per heavy atom. The second kappa shape index (κ2) is 4.69. The molecule has 0 bridgehead atoms. The van der Waals surface area contributed by atoms with E-state index in [-0.39, 0.29) is 5.41 Å². The zero-order valence-electron chi connectivity index (χ0n) is 9.79. The molecule has 0 aliphatic carbocycles. The van der Waals surface area contributed by atoms with Gasteiger partial charge in [0.2, 0.25) is 0 Å². The molecule has 0 aliphatic rings. The maximum atomic E-state index is 4.71. The summed E-state index contributed by atoms with van der Waals surface area (Å²) in [5.74, 6) is 0. The smallest absolute Gasteiger partial charge is 0.0808 e. The highest BCUT2D eigenvalue weighted by molar-refractivity contribution is 7.78. The minimum atomic E-state index is 0.0934. The zero-order valence-corrected chi connectivity index (χ0v) is 10.6. The molecule has 0 saturated carbocycles. The van der Waals surface area contributed by atoms with Crippen LogP contribution in [0.4, 0.5) is 5.69 Å². The molecule has 15 heavy (non-hydrogen) atoms. The lowest BCUT2D eigenvalue weighted by Crippen LogP contribution is -2.11. The summed E-state index contributed by atoms with van der Waals surface area (Å²) < 4.78 is 0. The van der Waals surface area contributed by atoms with E-state index >= 15 is 0 Å². The summed E-state index contributed by atoms with van der Waals surface area (Å²) >= 11 is 4.71. The number of benzene rings is 1. The van der Waals surface area contributed by atoms with Crippen molar-refractivity contribution in [2.45, 2.75) is 39.5 Å². The van der Waals surface area contributed by atoms with E-state index in [2.05, 4.69) is 56.0 Å². The Kier molecular flexibility index (Phi) is 3.78. The summed E-state index contributed by atoms with van der Waals surface area (Å²) in [7, 11) is 0. The second-order valence-electron chi connectivity index (χ2n) is 4.62. The monoisotopic (exact) mass is 219 g/mol. The molecule has 0 atom stereocenters. The van der Waals surface area contributed by atoms with Crippen molar-refractivity contribution in [2.75, 3.05) is 0 Å². The van der Waals surface area contributed by atoms with Gasteiger partial charge in [0.1, 0.15) is 0 Å². The molecule has 0 heterocycles. The molecule has 1 aromatic rings. The molecular formula is C13H17NS. The summed E-state index contributed by atoms with van der Waals surface area (Å²) in [5, 5.41) is 2.48. The van der Waals surface area contributed by atoms with E-state index in [1.165, 1.54) is 11.1 Å². The van der Waals surface area contributed by atoms with E-state index in [9.17, 15) is 0 Å². The van der Waals surface area contributed by atoms with Crippen molar-refractivity contribution in [1.82, 2.24) is 0 Å². The second-order valence-corrected chi connectivity index (χ2v) is 4.80. The van der Waals surface area contributed by atoms with Crippen molar-refractivity contribution in [2.24, 2.45) is 4.99 Å². The Morgan fingerprint density at radius 1 is 1.33 bits per heavy atom. The average Bonchev–Trinajstić information content (AvgIpc) is 2.17. The number of aryl methyl sites for hydroxylation is 1. The molecule has 2 heteroatoms. The quantitative estimate of drug-likeness (QED) is 0.534. The predicted octanol–water partition coefficient (Wildman–Crippen LogP) is 4.28. The standard InChI is InChI=1S/C13H17NS/c1-5-10-7-6-8-11(13(2,3)4)12(10)14-9-15/h6-8H,5H2,1-4H3. The molecular weight excluding hydrogens is 202 g/mol. The summed E-state index contributed by atoms with van der Waals surface area (Å²) in [6, 6.07) is 6.30. The van der Waals surface area contributed by atoms with Gasteiger partial charge in [-0.25, -0.2) is 0 Å². The number of isothiocyanates is 1. The molecule has 1 aromatic carbocycles. The van der Waals surface area contributed by atoms with E-state index < -0.39 is 0 Å². The molecule has 0 fully saturated rings. The van der Waals surface area contributed by atoms with Crippen LogP contribution in [0, 0.1) is 0 Å². The number of para-hydroxylation sites is 1. The highest BCUT2D eigenvalue weighted by Gasteiger charge is 2.19. The number of hydrogen-bond acceptors (Lipinski definition) is 2. The van der Waals surface area contributed by atoms with E-state index in [0.717, 1.165) is 12.1 Å². The fourth-order valence-electron chi connectivity index (χ4n) is 1.66. The van der Waals surface area contributed by atoms with Crippen LogP contribution >= 0.6 is 12.2 Å². The number of aliphatic imine (C=N–C) groups is 1. The van der Waals surface area contributed by atoms with Gasteiger partial charge in [-0.05, 0) is 35.2 Å². The topological polar surface area (TPSA) is 12.4 Å². The van der Waals surface area contributed by atoms with Crippen molar-refractivity contribution in [3.05, 3.63) is 29.3 Å². The highest BCUT2D eigenvalue weighted by atomic mass is 32.1. The number of nitrogens with zero attached hydrogens (tertiary/aromatic N) is 1. The van der Waals surface area contributed by atoms with Gasteiger partial charge in [0.25, 0.3) is 0 Å². The molecule has 0 unspecified atom stereocenters. The van der Waals surface area contributed by atoms with Gasteiger partial charge in [0.15, 0.2) is 0 Å². The zero-order chi connectivity index (χ0) is 11.5. The first-order valence-electron chi connectivity index (χ1n) is 5.21. The molecule has 80 valence electrons. The van der Waals surface area contributed by atoms with Crippen LogP contribution in [0.2, 0.25) is 0 Å². The van der Waals surface area contributed by atoms with Crippen LogP contribution in [-0.2, 0) is 11.8 Å². The Hall–Kier alpha value is -0.980. The van der Waals surface area contributed by atoms with Crippen molar-refractivity contribution in [3.8, 4) is 0 Å². The van der Waals surface area contributed by atoms with Crippen molar-refractivity contribution in [3.63, 3.8) is 0 Å². The van der Waals surface area contributed by atoms with E-state index in [0.29, 0.717) is 0 Å². The molecule has 0 saturated heterocycles. The number of hydrogen-bond donors (Lipinski definition) is 0. The van der Waals surface area contributed by atoms with Gasteiger partial charge in [0, 0.05) is 0 Å². The summed E-state index contributed by atoms with van der Waals surface area (Å²) in [6.45, 7) is 8.68. The normalized spacial score (nSPS) is 10.9. The van der Waals surface area contributed by atoms with Gasteiger partial charge >= 0.3 is 0 Å². The minimum absolute atomic E-state index is 0.0934. The molecule has 0 spiro atoms. The van der Waals surface area contributed by atoms with Crippen molar-refractivity contribution >= 4 is 23.1 Å². The maximum Gasteiger partial charge on any atom is 0.0808 e. The molecule has 0 aliphatic heterocycles. The SMILES string of the molecule is CCc1cccc(C(C)(C)C)c1N=C=S. The van der Waals surface area contributed by atoms with Gasteiger partial charge in [-0.2, -0.15) is 4.99 Å². The van der Waals surface area contributed by atoms with Crippen LogP contribution in [0.15, 0.2) is 23.2 Å². The van der Waals surface area contributed by atoms with Crippen LogP contribution in [0.25, 0.3) is 0 Å². The number of thiocarbonyl (C=S) groups is 1. The lowest BCUT2D eigenvalue weighted by Gasteiger charge is -2.22. The Balaban J connectivity index is 3.45. The Bertz CT molecular complexity index is 395. The molecule has 0 radical (unpaired) electrons. The molecule has 1 rings (SSSR count). The summed E-state index contributed by atoms with van der Waals surface area (Å²) in [4.78, 5) is 4.21. The third-order valence-corrected chi connectivity index (χ3v) is 2.56. The highest BCUT2D eigenvalue weighted by Crippen LogP contribution is 2.34. The Morgan fingerprint density at radius 3 is 2.47 bits per heavy atom. The van der Waals surface area contributed by atoms with E-state index in [1.807, 2.05) is 0 Å². The molecule has 0 amide bonds. The minimum Gasteiger partial charge on any atom is -0.194 e. The fraction of sp³-hybridized carbons (Fsp3) is 0.462. The third-order valence-electron chi connectivity index (χ3n) is 2.47. The lowest BCUT2D eigenvalue weighted by molar-refractivity contribution is 0.591. The summed E-state index contributed by atoms with van der Waals surface area (Å²) in [6.07, 6.45) is 0.972. The predicted molar refractivity (Wildman–Crippen MR) is 69.2 cm³/mol. The van der Waals surface area contributed by atoms with Crippen LogP contribution in [0.5, 0.6) is 0 Å². The van der Waals surface area contributed by atoms with Gasteiger partial charge in [-0.3, -0.25) is 0 Å². The van der Waals surface area contributed by atoms with Gasteiger partial charge in [-0.15, -0.1) is 0 Å². The molecule has 0 aromatic heterocycles. The first kappa shape index (κ1) is 12.1. The van der Waals surface area contributed by atoms with Crippen molar-refractivity contribution < 1.29 is 0 Å². The van der Waals surface area contributed by atoms with Crippen molar-refractivity contribution in [1.29, 1.82) is 0 Å². The van der Waals surface area contributed by atoms with E-state index in [1.54, 1.807) is 0 Å². The van der Waals surface area contributed by atoms with Gasteiger partial charge in [0.05, 0.1) is 10.8 Å². The van der Waals surface area contributed by atoms with Crippen LogP contribution in [-0.4, -0.2) is 5.16 Å². The van der Waals surface area contributed by atoms with Gasteiger partial charge < -0.3 is 0 Å². The van der Waals surface area contributed by atoms with Gasteiger partial charge in [-0.1, -0.05) is 45.9 Å². The largest absolute Gasteiger partial charge is 0.194 e. The van der Waals surface area contributed by atoms with E-state index in [4.69, 9.17) is 12.2 Å². The van der Waals surface area contributed by atoms with Crippen LogP contribution in [0.1, 0.15) is 38.8 Å². The molecule has 0 N–H and O–H groups in total. The average molecular weight is 219 g/mol. The first-order valence-corrected chi connectivity index (χ1v) is 5.61.